The van der Waals surface area contributed by atoms with Gasteiger partial charge in [-0.15, -0.1) is 0 Å². The Balaban J connectivity index is 1.87. The average Bonchev–Trinajstić information content (AvgIpc) is 2.74. The Morgan fingerprint density at radius 3 is 1.18 bits per heavy atom. The third kappa shape index (κ3) is 3.71. The molecule has 1 heterocycles. The van der Waals surface area contributed by atoms with E-state index in [4.69, 9.17) is 15.0 Å². The predicted octanol–water partition coefficient (Wildman–Crippen LogP) is 5.30. The number of aldehydes is 1. The van der Waals surface area contributed by atoms with Crippen molar-refractivity contribution in [2.24, 2.45) is 0 Å². The molecule has 0 aliphatic rings. The zero-order valence-electron chi connectivity index (χ0n) is 15.8. The Kier molecular flexibility index (Phi) is 4.77. The Morgan fingerprint density at radius 2 is 0.857 bits per heavy atom. The number of nitrogens with zero attached hydrogens (tertiary/aromatic N) is 3. The van der Waals surface area contributed by atoms with E-state index in [1.807, 2.05) is 60.7 Å². The van der Waals surface area contributed by atoms with E-state index in [0.717, 1.165) is 23.0 Å². The summed E-state index contributed by atoms with van der Waals surface area (Å²) in [7, 11) is 0. The Bertz CT molecular complexity index is 1050. The molecule has 3 aromatic carbocycles. The quantitative estimate of drug-likeness (QED) is 0.460. The summed E-state index contributed by atoms with van der Waals surface area (Å²) in [5.74, 6) is 1.83. The number of aromatic nitrogens is 3. The summed E-state index contributed by atoms with van der Waals surface area (Å²) in [6, 6.07) is 23.5. The third-order valence-electron chi connectivity index (χ3n) is 4.56. The van der Waals surface area contributed by atoms with E-state index in [1.54, 1.807) is 12.1 Å². The molecule has 0 spiro atoms. The van der Waals surface area contributed by atoms with Gasteiger partial charge in [-0.05, 0) is 13.8 Å². The second-order valence-electron chi connectivity index (χ2n) is 6.78. The van der Waals surface area contributed by atoms with Gasteiger partial charge in [-0.1, -0.05) is 83.9 Å². The number of benzene rings is 3. The lowest BCUT2D eigenvalue weighted by molar-refractivity contribution is 0.112. The van der Waals surface area contributed by atoms with Crippen molar-refractivity contribution < 1.29 is 4.79 Å². The second kappa shape index (κ2) is 7.53. The SMILES string of the molecule is Cc1ccc(-c2nc(-c3ccc(C)cc3)nc(-c3ccc(C=O)cc3)n2)cc1. The minimum absolute atomic E-state index is 0.582. The highest BCUT2D eigenvalue weighted by Crippen LogP contribution is 2.25. The molecule has 0 aliphatic carbocycles. The number of hydrogen-bond acceptors (Lipinski definition) is 4. The highest BCUT2D eigenvalue weighted by atomic mass is 16.1. The van der Waals surface area contributed by atoms with E-state index in [0.29, 0.717) is 23.0 Å². The Labute approximate surface area is 164 Å². The Morgan fingerprint density at radius 1 is 0.536 bits per heavy atom. The van der Waals surface area contributed by atoms with Crippen LogP contribution in [-0.4, -0.2) is 21.2 Å². The van der Waals surface area contributed by atoms with Gasteiger partial charge < -0.3 is 0 Å². The predicted molar refractivity (Wildman–Crippen MR) is 111 cm³/mol. The molecule has 0 amide bonds. The summed E-state index contributed by atoms with van der Waals surface area (Å²) < 4.78 is 0. The number of hydrogen-bond donors (Lipinski definition) is 0. The first-order valence-corrected chi connectivity index (χ1v) is 9.08. The number of aryl methyl sites for hydroxylation is 2. The highest BCUT2D eigenvalue weighted by molar-refractivity contribution is 5.76. The summed E-state index contributed by atoms with van der Waals surface area (Å²) in [4.78, 5) is 25.0. The second-order valence-corrected chi connectivity index (χ2v) is 6.78. The lowest BCUT2D eigenvalue weighted by Gasteiger charge is -2.09. The van der Waals surface area contributed by atoms with Crippen LogP contribution in [0.2, 0.25) is 0 Å². The summed E-state index contributed by atoms with van der Waals surface area (Å²) >= 11 is 0. The minimum Gasteiger partial charge on any atom is -0.298 e. The number of rotatable bonds is 4. The standard InChI is InChI=1S/C24H19N3O/c1-16-3-9-19(10-4-16)22-25-23(20-11-5-17(2)6-12-20)27-24(26-22)21-13-7-18(15-28)8-14-21/h3-15H,1-2H3. The molecule has 0 radical (unpaired) electrons. The molecule has 0 aliphatic heterocycles. The van der Waals surface area contributed by atoms with Crippen LogP contribution >= 0.6 is 0 Å². The first kappa shape index (κ1) is 17.7. The van der Waals surface area contributed by atoms with Crippen LogP contribution in [0.25, 0.3) is 34.2 Å². The van der Waals surface area contributed by atoms with Gasteiger partial charge in [-0.2, -0.15) is 0 Å². The monoisotopic (exact) mass is 365 g/mol. The fraction of sp³-hybridized carbons (Fsp3) is 0.0833. The minimum atomic E-state index is 0.582. The van der Waals surface area contributed by atoms with Crippen LogP contribution in [0.3, 0.4) is 0 Å². The molecule has 4 aromatic rings. The van der Waals surface area contributed by atoms with Gasteiger partial charge >= 0.3 is 0 Å². The first-order chi connectivity index (χ1) is 13.6. The maximum absolute atomic E-state index is 10.9. The molecule has 0 unspecified atom stereocenters. The van der Waals surface area contributed by atoms with E-state index >= 15 is 0 Å². The summed E-state index contributed by atoms with van der Waals surface area (Å²) in [5, 5.41) is 0. The van der Waals surface area contributed by atoms with Gasteiger partial charge in [0.25, 0.3) is 0 Å². The van der Waals surface area contributed by atoms with E-state index in [2.05, 4.69) is 13.8 Å². The van der Waals surface area contributed by atoms with Crippen molar-refractivity contribution in [3.05, 3.63) is 89.5 Å². The maximum atomic E-state index is 10.9. The molecule has 4 rings (SSSR count). The van der Waals surface area contributed by atoms with Crippen LogP contribution in [0.15, 0.2) is 72.8 Å². The van der Waals surface area contributed by atoms with Crippen LogP contribution in [0, 0.1) is 13.8 Å². The van der Waals surface area contributed by atoms with Crippen LogP contribution in [0.4, 0.5) is 0 Å². The molecule has 4 heteroatoms. The van der Waals surface area contributed by atoms with Crippen molar-refractivity contribution in [3.63, 3.8) is 0 Å². The van der Waals surface area contributed by atoms with E-state index < -0.39 is 0 Å². The van der Waals surface area contributed by atoms with Crippen LogP contribution in [0.1, 0.15) is 21.5 Å². The molecule has 136 valence electrons. The first-order valence-electron chi connectivity index (χ1n) is 9.08. The highest BCUT2D eigenvalue weighted by Gasteiger charge is 2.12. The summed E-state index contributed by atoms with van der Waals surface area (Å²) in [5.41, 5.74) is 5.70. The Hall–Kier alpha value is -3.66. The van der Waals surface area contributed by atoms with Crippen molar-refractivity contribution in [3.8, 4) is 34.2 Å². The van der Waals surface area contributed by atoms with Crippen LogP contribution in [-0.2, 0) is 0 Å². The van der Waals surface area contributed by atoms with Gasteiger partial charge in [0.15, 0.2) is 17.5 Å². The van der Waals surface area contributed by atoms with Gasteiger partial charge in [-0.25, -0.2) is 15.0 Å². The van der Waals surface area contributed by atoms with Crippen molar-refractivity contribution in [2.75, 3.05) is 0 Å². The summed E-state index contributed by atoms with van der Waals surface area (Å²) in [6.45, 7) is 4.10. The zero-order valence-corrected chi connectivity index (χ0v) is 15.8. The molecular formula is C24H19N3O. The van der Waals surface area contributed by atoms with Gasteiger partial charge in [0, 0.05) is 22.3 Å². The normalized spacial score (nSPS) is 10.6. The van der Waals surface area contributed by atoms with Gasteiger partial charge in [0.05, 0.1) is 0 Å². The smallest absolute Gasteiger partial charge is 0.164 e. The molecular weight excluding hydrogens is 346 g/mol. The lowest BCUT2D eigenvalue weighted by atomic mass is 10.1. The molecule has 28 heavy (non-hydrogen) atoms. The maximum Gasteiger partial charge on any atom is 0.164 e. The average molecular weight is 365 g/mol. The van der Waals surface area contributed by atoms with Crippen molar-refractivity contribution in [2.45, 2.75) is 13.8 Å². The number of carbonyl (C=O) groups is 1. The van der Waals surface area contributed by atoms with Gasteiger partial charge in [0.2, 0.25) is 0 Å². The largest absolute Gasteiger partial charge is 0.298 e. The lowest BCUT2D eigenvalue weighted by Crippen LogP contribution is -2.00. The van der Waals surface area contributed by atoms with Crippen molar-refractivity contribution in [1.82, 2.24) is 15.0 Å². The third-order valence-corrected chi connectivity index (χ3v) is 4.56. The molecule has 0 saturated heterocycles. The van der Waals surface area contributed by atoms with Crippen molar-refractivity contribution in [1.29, 1.82) is 0 Å². The molecule has 0 N–H and O–H groups in total. The van der Waals surface area contributed by atoms with Crippen LogP contribution in [0.5, 0.6) is 0 Å². The van der Waals surface area contributed by atoms with Gasteiger partial charge in [0.1, 0.15) is 6.29 Å². The van der Waals surface area contributed by atoms with Crippen molar-refractivity contribution >= 4 is 6.29 Å². The zero-order chi connectivity index (χ0) is 19.5. The number of carbonyl (C=O) groups excluding carboxylic acids is 1. The molecule has 0 atom stereocenters. The fourth-order valence-electron chi connectivity index (χ4n) is 2.88. The molecule has 0 saturated carbocycles. The summed E-state index contributed by atoms with van der Waals surface area (Å²) in [6.07, 6.45) is 0.826. The fourth-order valence-corrected chi connectivity index (χ4v) is 2.88. The van der Waals surface area contributed by atoms with Gasteiger partial charge in [-0.3, -0.25) is 4.79 Å². The van der Waals surface area contributed by atoms with Crippen LogP contribution < -0.4 is 0 Å². The van der Waals surface area contributed by atoms with E-state index in [-0.39, 0.29) is 0 Å². The molecule has 4 nitrogen and oxygen atoms in total. The van der Waals surface area contributed by atoms with E-state index in [1.165, 1.54) is 11.1 Å². The van der Waals surface area contributed by atoms with E-state index in [9.17, 15) is 4.79 Å². The molecule has 0 fully saturated rings. The molecule has 0 bridgehead atoms. The topological polar surface area (TPSA) is 55.7 Å². The molecule has 1 aromatic heterocycles.